The Bertz CT molecular complexity index is 232. The number of rotatable bonds is 5. The van der Waals surface area contributed by atoms with Gasteiger partial charge in [0.2, 0.25) is 0 Å². The fourth-order valence-electron chi connectivity index (χ4n) is 0.818. The van der Waals surface area contributed by atoms with Gasteiger partial charge >= 0.3 is 0 Å². The summed E-state index contributed by atoms with van der Waals surface area (Å²) in [6.07, 6.45) is 0. The van der Waals surface area contributed by atoms with Crippen LogP contribution >= 0.6 is 0 Å². The molecule has 0 unspecified atom stereocenters. The van der Waals surface area contributed by atoms with Crippen molar-refractivity contribution in [3.63, 3.8) is 0 Å². The van der Waals surface area contributed by atoms with Gasteiger partial charge in [0, 0.05) is 14.7 Å². The van der Waals surface area contributed by atoms with Crippen molar-refractivity contribution in [2.45, 2.75) is 32.4 Å². The van der Waals surface area contributed by atoms with Gasteiger partial charge in [-0.1, -0.05) is 19.6 Å². The minimum Gasteiger partial charge on any atom is -0.358 e. The molecule has 0 bridgehead atoms. The molecule has 6 nitrogen and oxygen atoms in total. The predicted molar refractivity (Wildman–Crippen MR) is 53.6 cm³/mol. The first-order chi connectivity index (χ1) is 6.08. The van der Waals surface area contributed by atoms with E-state index in [9.17, 15) is 0 Å². The topological polar surface area (TPSA) is 77.3 Å². The number of nitrogens with one attached hydrogen (secondary N) is 4. The van der Waals surface area contributed by atoms with E-state index in [1.54, 1.807) is 4.80 Å². The highest BCUT2D eigenvalue weighted by Gasteiger charge is 2.11. The first-order valence-corrected chi connectivity index (χ1v) is 8.15. The van der Waals surface area contributed by atoms with Crippen LogP contribution in [0.15, 0.2) is 0 Å². The summed E-state index contributed by atoms with van der Waals surface area (Å²) in [5.41, 5.74) is 0. The highest BCUT2D eigenvalue weighted by Crippen LogP contribution is 2.07. The number of ether oxygens (including phenoxy) is 1. The average Bonchev–Trinajstić information content (AvgIpc) is 2.48. The van der Waals surface area contributed by atoms with Gasteiger partial charge in [-0.05, 0) is 6.04 Å². The molecule has 0 saturated heterocycles. The lowest BCUT2D eigenvalue weighted by atomic mass is 10.8. The summed E-state index contributed by atoms with van der Waals surface area (Å²) in [5.74, 6) is 0. The van der Waals surface area contributed by atoms with E-state index in [-0.39, 0.29) is 0 Å². The van der Waals surface area contributed by atoms with Crippen LogP contribution in [-0.2, 0) is 11.5 Å². The Hall–Kier alpha value is -0.823. The van der Waals surface area contributed by atoms with Gasteiger partial charge in [-0.15, -0.1) is 0 Å². The summed E-state index contributed by atoms with van der Waals surface area (Å²) < 4.78 is 5.45. The second-order valence-corrected chi connectivity index (χ2v) is 9.87. The molecule has 0 aromatic carbocycles. The number of aromatic amines is 4. The molecule has 1 aromatic heterocycles. The molecule has 0 aliphatic carbocycles. The minimum atomic E-state index is -0.950. The number of nitrogens with zero attached hydrogens (tertiary/aromatic N) is 1. The molecule has 0 aliphatic rings. The monoisotopic (exact) mass is 205 g/mol. The molecule has 7 heteroatoms. The molecule has 0 fully saturated rings. The van der Waals surface area contributed by atoms with E-state index in [0.717, 1.165) is 6.61 Å². The SMILES string of the molecule is C[Si](C)(C)CCOCn1[nH][nH][nH][nH]1. The van der Waals surface area contributed by atoms with Crippen LogP contribution < -0.4 is 0 Å². The Kier molecular flexibility index (Phi) is 3.49. The van der Waals surface area contributed by atoms with Crippen molar-refractivity contribution in [3.05, 3.63) is 0 Å². The quantitative estimate of drug-likeness (QED) is 0.423. The summed E-state index contributed by atoms with van der Waals surface area (Å²) in [6, 6.07) is 1.20. The molecule has 0 saturated carbocycles. The van der Waals surface area contributed by atoms with E-state index in [1.165, 1.54) is 6.04 Å². The fraction of sp³-hybridized carbons (Fsp3) is 1.00. The summed E-state index contributed by atoms with van der Waals surface area (Å²) in [7, 11) is -0.950. The molecule has 13 heavy (non-hydrogen) atoms. The van der Waals surface area contributed by atoms with Crippen molar-refractivity contribution >= 4 is 8.07 Å². The van der Waals surface area contributed by atoms with Crippen molar-refractivity contribution in [1.29, 1.82) is 0 Å². The van der Waals surface area contributed by atoms with Gasteiger partial charge in [-0.2, -0.15) is 4.80 Å². The molecule has 78 valence electrons. The Morgan fingerprint density at radius 3 is 2.31 bits per heavy atom. The van der Waals surface area contributed by atoms with Crippen LogP contribution in [0.1, 0.15) is 0 Å². The van der Waals surface area contributed by atoms with Gasteiger partial charge in [0.15, 0.2) is 6.73 Å². The standard InChI is InChI=1S/C6H19N5OSi/c1-13(2,3)5-4-12-6-11-9-7-8-10-11/h7-10H,4-6H2,1-3H3. The third-order valence-corrected chi connectivity index (χ3v) is 3.37. The van der Waals surface area contributed by atoms with E-state index in [1.807, 2.05) is 0 Å². The lowest BCUT2D eigenvalue weighted by Crippen LogP contribution is -2.22. The Morgan fingerprint density at radius 1 is 1.15 bits per heavy atom. The van der Waals surface area contributed by atoms with Gasteiger partial charge in [0.1, 0.15) is 0 Å². The molecule has 1 heterocycles. The first kappa shape index (κ1) is 10.3. The second-order valence-electron chi connectivity index (χ2n) is 4.25. The van der Waals surface area contributed by atoms with Crippen LogP contribution in [0.25, 0.3) is 0 Å². The third-order valence-electron chi connectivity index (χ3n) is 1.66. The lowest BCUT2D eigenvalue weighted by Gasteiger charge is -2.15. The molecular weight excluding hydrogens is 186 g/mol. The average molecular weight is 205 g/mol. The molecular formula is C6H19N5OSi. The van der Waals surface area contributed by atoms with Crippen LogP contribution in [0.4, 0.5) is 0 Å². The smallest absolute Gasteiger partial charge is 0.157 e. The maximum atomic E-state index is 5.45. The molecule has 0 spiro atoms. The number of H-pyrrole nitrogens is 4. The maximum Gasteiger partial charge on any atom is 0.157 e. The van der Waals surface area contributed by atoms with Crippen molar-refractivity contribution in [2.75, 3.05) is 6.61 Å². The summed E-state index contributed by atoms with van der Waals surface area (Å²) in [5, 5.41) is 10.9. The van der Waals surface area contributed by atoms with Crippen molar-refractivity contribution in [2.24, 2.45) is 0 Å². The van der Waals surface area contributed by atoms with E-state index >= 15 is 0 Å². The van der Waals surface area contributed by atoms with Gasteiger partial charge in [0.05, 0.1) is 0 Å². The van der Waals surface area contributed by atoms with Crippen molar-refractivity contribution in [1.82, 2.24) is 25.7 Å². The summed E-state index contributed by atoms with van der Waals surface area (Å²) in [6.45, 7) is 8.36. The fourth-order valence-corrected chi connectivity index (χ4v) is 1.57. The Labute approximate surface area is 78.3 Å². The third kappa shape index (κ3) is 4.68. The second kappa shape index (κ2) is 4.42. The van der Waals surface area contributed by atoms with Crippen LogP contribution in [-0.4, -0.2) is 40.3 Å². The van der Waals surface area contributed by atoms with Crippen molar-refractivity contribution < 1.29 is 4.74 Å². The Morgan fingerprint density at radius 2 is 1.77 bits per heavy atom. The number of hydrogen-bond acceptors (Lipinski definition) is 1. The van der Waals surface area contributed by atoms with Crippen molar-refractivity contribution in [3.8, 4) is 0 Å². The largest absolute Gasteiger partial charge is 0.358 e. The van der Waals surface area contributed by atoms with E-state index < -0.39 is 8.07 Å². The first-order valence-electron chi connectivity index (χ1n) is 4.44. The van der Waals surface area contributed by atoms with Crippen LogP contribution in [0.3, 0.4) is 0 Å². The molecule has 1 rings (SSSR count). The zero-order valence-corrected chi connectivity index (χ0v) is 9.48. The molecule has 0 aliphatic heterocycles. The van der Waals surface area contributed by atoms with Crippen LogP contribution in [0.5, 0.6) is 0 Å². The van der Waals surface area contributed by atoms with Gasteiger partial charge in [-0.3, -0.25) is 0 Å². The lowest BCUT2D eigenvalue weighted by molar-refractivity contribution is 0.0665. The zero-order valence-electron chi connectivity index (χ0n) is 8.48. The maximum absolute atomic E-state index is 5.45. The van der Waals surface area contributed by atoms with E-state index in [4.69, 9.17) is 4.74 Å². The van der Waals surface area contributed by atoms with Crippen LogP contribution in [0.2, 0.25) is 25.7 Å². The number of aromatic nitrogens is 5. The zero-order chi connectivity index (χ0) is 9.73. The molecule has 0 amide bonds. The summed E-state index contributed by atoms with van der Waals surface area (Å²) in [4.78, 5) is 1.68. The van der Waals surface area contributed by atoms with Crippen LogP contribution in [0, 0.1) is 0 Å². The van der Waals surface area contributed by atoms with E-state index in [2.05, 4.69) is 40.5 Å². The highest BCUT2D eigenvalue weighted by molar-refractivity contribution is 6.76. The summed E-state index contributed by atoms with van der Waals surface area (Å²) >= 11 is 0. The molecule has 0 atom stereocenters. The number of hydrogen-bond donors (Lipinski definition) is 4. The van der Waals surface area contributed by atoms with Gasteiger partial charge in [0.25, 0.3) is 0 Å². The highest BCUT2D eigenvalue weighted by atomic mass is 28.3. The molecule has 0 radical (unpaired) electrons. The van der Waals surface area contributed by atoms with Gasteiger partial charge < -0.3 is 4.74 Å². The Balaban J connectivity index is 2.09. The minimum absolute atomic E-state index is 0.518. The predicted octanol–water partition coefficient (Wildman–Crippen LogP) is 1.24. The molecule has 1 aromatic rings. The van der Waals surface area contributed by atoms with E-state index in [0.29, 0.717) is 6.73 Å². The normalized spacial score (nSPS) is 11.9. The van der Waals surface area contributed by atoms with Gasteiger partial charge in [-0.25, -0.2) is 20.9 Å². The molecule has 4 N–H and O–H groups in total.